The fourth-order valence-electron chi connectivity index (χ4n) is 2.73. The van der Waals surface area contributed by atoms with Crippen LogP contribution < -0.4 is 4.72 Å². The number of benzene rings is 1. The van der Waals surface area contributed by atoms with Gasteiger partial charge in [0.15, 0.2) is 0 Å². The van der Waals surface area contributed by atoms with Gasteiger partial charge in [0.25, 0.3) is 0 Å². The molecule has 25 heavy (non-hydrogen) atoms. The van der Waals surface area contributed by atoms with E-state index < -0.39 is 21.7 Å². The van der Waals surface area contributed by atoms with Crippen molar-refractivity contribution in [2.75, 3.05) is 18.8 Å². The number of likely N-dealkylation sites (tertiary alicyclic amines) is 1. The molecule has 8 heteroatoms. The van der Waals surface area contributed by atoms with Crippen molar-refractivity contribution < 1.29 is 22.0 Å². The van der Waals surface area contributed by atoms with Gasteiger partial charge in [0, 0.05) is 30.8 Å². The molecule has 1 N–H and O–H groups in total. The van der Waals surface area contributed by atoms with Crippen LogP contribution in [0, 0.1) is 11.6 Å². The summed E-state index contributed by atoms with van der Waals surface area (Å²) >= 11 is 0. The van der Waals surface area contributed by atoms with E-state index in [-0.39, 0.29) is 23.3 Å². The minimum atomic E-state index is -3.28. The van der Waals surface area contributed by atoms with Gasteiger partial charge >= 0.3 is 0 Å². The number of nitrogens with one attached hydrogen (secondary N) is 1. The summed E-state index contributed by atoms with van der Waals surface area (Å²) in [6.45, 7) is 2.58. The highest BCUT2D eigenvalue weighted by Crippen LogP contribution is 2.16. The molecule has 1 fully saturated rings. The summed E-state index contributed by atoms with van der Waals surface area (Å²) < 4.78 is 53.2. The van der Waals surface area contributed by atoms with Crippen LogP contribution in [0.4, 0.5) is 8.78 Å². The van der Waals surface area contributed by atoms with E-state index in [1.165, 1.54) is 6.07 Å². The van der Waals surface area contributed by atoms with Gasteiger partial charge < -0.3 is 4.90 Å². The van der Waals surface area contributed by atoms with Crippen LogP contribution >= 0.6 is 0 Å². The fourth-order valence-corrected chi connectivity index (χ4v) is 4.13. The molecule has 1 amide bonds. The lowest BCUT2D eigenvalue weighted by molar-refractivity contribution is -0.126. The maximum Gasteiger partial charge on any atom is 0.246 e. The second-order valence-corrected chi connectivity index (χ2v) is 7.88. The first-order valence-electron chi connectivity index (χ1n) is 8.23. The molecule has 5 nitrogen and oxygen atoms in total. The summed E-state index contributed by atoms with van der Waals surface area (Å²) in [6, 6.07) is 3.32. The number of carbonyl (C=O) groups is 1. The van der Waals surface area contributed by atoms with Gasteiger partial charge in [-0.2, -0.15) is 0 Å². The van der Waals surface area contributed by atoms with Crippen LogP contribution in [-0.2, 0) is 14.8 Å². The Balaban J connectivity index is 1.90. The van der Waals surface area contributed by atoms with E-state index in [2.05, 4.69) is 4.72 Å². The highest BCUT2D eigenvalue weighted by atomic mass is 32.2. The van der Waals surface area contributed by atoms with Gasteiger partial charge in [0.2, 0.25) is 15.9 Å². The van der Waals surface area contributed by atoms with Gasteiger partial charge in [-0.25, -0.2) is 21.9 Å². The van der Waals surface area contributed by atoms with Crippen molar-refractivity contribution in [2.24, 2.45) is 0 Å². The van der Waals surface area contributed by atoms with Gasteiger partial charge in [-0.3, -0.25) is 4.79 Å². The number of sulfonamides is 1. The Bertz CT molecular complexity index is 722. The summed E-state index contributed by atoms with van der Waals surface area (Å²) in [5.41, 5.74) is -0.252. The maximum absolute atomic E-state index is 13.5. The van der Waals surface area contributed by atoms with Crippen LogP contribution in [0.25, 0.3) is 6.08 Å². The van der Waals surface area contributed by atoms with E-state index in [0.717, 1.165) is 24.3 Å². The zero-order valence-electron chi connectivity index (χ0n) is 14.0. The Kier molecular flexibility index (Phi) is 6.66. The van der Waals surface area contributed by atoms with Crippen LogP contribution in [0.15, 0.2) is 24.3 Å². The van der Waals surface area contributed by atoms with Crippen LogP contribution in [0.1, 0.15) is 31.7 Å². The average Bonchev–Trinajstić information content (AvgIpc) is 2.54. The van der Waals surface area contributed by atoms with Crippen molar-refractivity contribution in [2.45, 2.75) is 32.2 Å². The molecule has 0 aromatic heterocycles. The predicted molar refractivity (Wildman–Crippen MR) is 92.2 cm³/mol. The molecule has 1 heterocycles. The van der Waals surface area contributed by atoms with E-state index >= 15 is 0 Å². The molecule has 1 aliphatic rings. The summed E-state index contributed by atoms with van der Waals surface area (Å²) in [5.74, 6) is -1.72. The average molecular weight is 372 g/mol. The summed E-state index contributed by atoms with van der Waals surface area (Å²) in [5, 5.41) is 0. The third-order valence-corrected chi connectivity index (χ3v) is 5.66. The Morgan fingerprint density at radius 3 is 2.44 bits per heavy atom. The quantitative estimate of drug-likeness (QED) is 0.779. The maximum atomic E-state index is 13.5. The predicted octanol–water partition coefficient (Wildman–Crippen LogP) is 2.30. The number of hydrogen-bond donors (Lipinski definition) is 1. The third kappa shape index (κ3) is 5.61. The minimum absolute atomic E-state index is 0.0864. The van der Waals surface area contributed by atoms with Crippen molar-refractivity contribution in [3.63, 3.8) is 0 Å². The summed E-state index contributed by atoms with van der Waals surface area (Å²) in [4.78, 5) is 13.7. The molecule has 0 spiro atoms. The van der Waals surface area contributed by atoms with Crippen molar-refractivity contribution >= 4 is 22.0 Å². The number of carbonyl (C=O) groups excluding carboxylic acids is 1. The van der Waals surface area contributed by atoms with Gasteiger partial charge in [-0.05, 0) is 37.5 Å². The Hall–Kier alpha value is -1.80. The standard InChI is InChI=1S/C17H22F2N2O3S/c1-2-12-25(23,24)20-13-8-10-21(11-9-13)17(22)7-6-14-15(18)4-3-5-16(14)19/h3-7,13,20H,2,8-12H2,1H3/b7-6+. The van der Waals surface area contributed by atoms with Crippen molar-refractivity contribution in [3.8, 4) is 0 Å². The first-order chi connectivity index (χ1) is 11.8. The van der Waals surface area contributed by atoms with E-state index in [4.69, 9.17) is 0 Å². The van der Waals surface area contributed by atoms with Crippen LogP contribution in [0.5, 0.6) is 0 Å². The molecule has 0 bridgehead atoms. The molecule has 0 aliphatic carbocycles. The van der Waals surface area contributed by atoms with E-state index in [9.17, 15) is 22.0 Å². The zero-order chi connectivity index (χ0) is 18.4. The minimum Gasteiger partial charge on any atom is -0.339 e. The molecule has 0 saturated carbocycles. The molecule has 1 saturated heterocycles. The lowest BCUT2D eigenvalue weighted by atomic mass is 10.1. The van der Waals surface area contributed by atoms with E-state index in [1.807, 2.05) is 0 Å². The van der Waals surface area contributed by atoms with Gasteiger partial charge in [0.1, 0.15) is 11.6 Å². The van der Waals surface area contributed by atoms with Crippen LogP contribution in [0.3, 0.4) is 0 Å². The van der Waals surface area contributed by atoms with E-state index in [0.29, 0.717) is 32.4 Å². The van der Waals surface area contributed by atoms with Crippen LogP contribution in [-0.4, -0.2) is 44.1 Å². The lowest BCUT2D eigenvalue weighted by Gasteiger charge is -2.31. The Morgan fingerprint density at radius 2 is 1.88 bits per heavy atom. The first kappa shape index (κ1) is 19.5. The van der Waals surface area contributed by atoms with Crippen LogP contribution in [0.2, 0.25) is 0 Å². The molecular weight excluding hydrogens is 350 g/mol. The number of amides is 1. The van der Waals surface area contributed by atoms with Gasteiger partial charge in [-0.1, -0.05) is 13.0 Å². The normalized spacial score (nSPS) is 16.5. The Morgan fingerprint density at radius 1 is 1.28 bits per heavy atom. The van der Waals surface area contributed by atoms with Crippen molar-refractivity contribution in [3.05, 3.63) is 41.5 Å². The lowest BCUT2D eigenvalue weighted by Crippen LogP contribution is -2.46. The topological polar surface area (TPSA) is 66.5 Å². The monoisotopic (exact) mass is 372 g/mol. The molecule has 1 aromatic carbocycles. The number of halogens is 2. The molecule has 1 aliphatic heterocycles. The first-order valence-corrected chi connectivity index (χ1v) is 9.88. The summed E-state index contributed by atoms with van der Waals surface area (Å²) in [6.07, 6.45) is 3.84. The molecule has 0 radical (unpaired) electrons. The SMILES string of the molecule is CCCS(=O)(=O)NC1CCN(C(=O)/C=C/c2c(F)cccc2F)CC1. The molecule has 138 valence electrons. The zero-order valence-corrected chi connectivity index (χ0v) is 14.9. The molecule has 1 aromatic rings. The van der Waals surface area contributed by atoms with Gasteiger partial charge in [0.05, 0.1) is 5.75 Å². The van der Waals surface area contributed by atoms with Crippen molar-refractivity contribution in [1.82, 2.24) is 9.62 Å². The second-order valence-electron chi connectivity index (χ2n) is 6.00. The molecule has 0 atom stereocenters. The molecule has 2 rings (SSSR count). The number of piperidine rings is 1. The fraction of sp³-hybridized carbons (Fsp3) is 0.471. The molecule has 0 unspecified atom stereocenters. The largest absolute Gasteiger partial charge is 0.339 e. The Labute approximate surface area is 146 Å². The molecular formula is C17H22F2N2O3S. The van der Waals surface area contributed by atoms with Gasteiger partial charge in [-0.15, -0.1) is 0 Å². The van der Waals surface area contributed by atoms with Crippen molar-refractivity contribution in [1.29, 1.82) is 0 Å². The smallest absolute Gasteiger partial charge is 0.246 e. The highest BCUT2D eigenvalue weighted by Gasteiger charge is 2.24. The number of nitrogens with zero attached hydrogens (tertiary/aromatic N) is 1. The third-order valence-electron chi connectivity index (χ3n) is 4.02. The van der Waals surface area contributed by atoms with E-state index in [1.54, 1.807) is 11.8 Å². The number of rotatable bonds is 6. The highest BCUT2D eigenvalue weighted by molar-refractivity contribution is 7.89. The summed E-state index contributed by atoms with van der Waals surface area (Å²) in [7, 11) is -3.28. The number of hydrogen-bond acceptors (Lipinski definition) is 3. The second kappa shape index (κ2) is 8.53.